The summed E-state index contributed by atoms with van der Waals surface area (Å²) >= 11 is 0. The molecule has 1 aromatic rings. The van der Waals surface area contributed by atoms with Crippen LogP contribution in [0.25, 0.3) is 0 Å². The van der Waals surface area contributed by atoms with E-state index in [-0.39, 0.29) is 137 Å². The Bertz CT molecular complexity index is 2310. The Morgan fingerprint density at radius 1 is 0.368 bits per heavy atom. The van der Waals surface area contributed by atoms with Gasteiger partial charge in [-0.2, -0.15) is 0 Å². The molecule has 39 nitrogen and oxygen atoms in total. The van der Waals surface area contributed by atoms with Crippen LogP contribution in [0.5, 0.6) is 17.2 Å². The smallest absolute Gasteiger partial charge is 0.338 e. The van der Waals surface area contributed by atoms with Crippen LogP contribution in [0.2, 0.25) is 0 Å². The molecule has 2 amide bonds. The van der Waals surface area contributed by atoms with E-state index in [1.54, 1.807) is 30.8 Å². The van der Waals surface area contributed by atoms with Crippen molar-refractivity contribution < 1.29 is 138 Å². The Kier molecular flexibility index (Phi) is 59.3. The van der Waals surface area contributed by atoms with Gasteiger partial charge < -0.3 is 155 Å². The first-order valence-corrected chi connectivity index (χ1v) is 35.8. The zero-order chi connectivity index (χ0) is 76.2. The maximum absolute atomic E-state index is 12.8. The Morgan fingerprint density at radius 3 is 0.849 bits per heavy atom. The third-order valence-corrected chi connectivity index (χ3v) is 14.4. The average Bonchev–Trinajstić information content (AvgIpc) is 1.10. The molecule has 2 aliphatic rings. The molecule has 0 saturated heterocycles. The van der Waals surface area contributed by atoms with E-state index in [4.69, 9.17) is 114 Å². The van der Waals surface area contributed by atoms with Gasteiger partial charge in [-0.25, -0.2) is 14.6 Å². The van der Waals surface area contributed by atoms with Crippen molar-refractivity contribution in [2.45, 2.75) is 39.0 Å². The van der Waals surface area contributed by atoms with Gasteiger partial charge in [0, 0.05) is 20.0 Å². The lowest BCUT2D eigenvalue weighted by Crippen LogP contribution is -2.41. The highest BCUT2D eigenvalue weighted by atomic mass is 16.6. The Labute approximate surface area is 621 Å². The topological polar surface area (TPSA) is 414 Å². The molecule has 4 N–H and O–H groups in total. The van der Waals surface area contributed by atoms with Gasteiger partial charge in [0.2, 0.25) is 17.6 Å². The van der Waals surface area contributed by atoms with E-state index in [0.717, 1.165) is 0 Å². The van der Waals surface area contributed by atoms with Crippen LogP contribution in [0.1, 0.15) is 37.0 Å². The minimum absolute atomic E-state index is 0.0264. The number of methoxy groups -OCH3 is 2. The Morgan fingerprint density at radius 2 is 0.604 bits per heavy atom. The number of hydrogen-bond acceptors (Lipinski definition) is 35. The second kappa shape index (κ2) is 66.9. The molecule has 0 radical (unpaired) electrons. The van der Waals surface area contributed by atoms with E-state index >= 15 is 0 Å². The summed E-state index contributed by atoms with van der Waals surface area (Å²) < 4.78 is 134. The summed E-state index contributed by atoms with van der Waals surface area (Å²) in [6.07, 6.45) is 2.62. The predicted molar refractivity (Wildman–Crippen MR) is 376 cm³/mol. The first kappa shape index (κ1) is 93.9. The van der Waals surface area contributed by atoms with Crippen LogP contribution >= 0.6 is 0 Å². The van der Waals surface area contributed by atoms with Crippen LogP contribution in [0.4, 0.5) is 0 Å². The first-order valence-electron chi connectivity index (χ1n) is 35.8. The van der Waals surface area contributed by atoms with Crippen molar-refractivity contribution in [3.05, 3.63) is 62.0 Å². The van der Waals surface area contributed by atoms with Crippen LogP contribution in [-0.2, 0) is 109 Å². The number of benzene rings is 1. The second-order valence-electron chi connectivity index (χ2n) is 22.3. The van der Waals surface area contributed by atoms with Gasteiger partial charge in [0.1, 0.15) is 32.9 Å². The van der Waals surface area contributed by atoms with Gasteiger partial charge >= 0.3 is 17.6 Å². The minimum atomic E-state index is -0.607. The molecule has 3 rings (SSSR count). The largest absolute Gasteiger partial charge is 0.487 e. The average molecular weight is 1530 g/mol. The molecule has 2 unspecified atom stereocenters. The normalized spacial score (nSPS) is 14.1. The molecule has 106 heavy (non-hydrogen) atoms. The number of amides is 2. The molecule has 0 saturated carbocycles. The lowest BCUT2D eigenvalue weighted by atomic mass is 10.2. The van der Waals surface area contributed by atoms with E-state index in [2.05, 4.69) is 21.3 Å². The maximum Gasteiger partial charge on any atom is 0.338 e. The highest BCUT2D eigenvalue weighted by Gasteiger charge is 2.33. The molecule has 2 atom stereocenters. The zero-order valence-corrected chi connectivity index (χ0v) is 62.3. The van der Waals surface area contributed by atoms with Gasteiger partial charge in [0.25, 0.3) is 0 Å². The van der Waals surface area contributed by atoms with Crippen molar-refractivity contribution in [3.8, 4) is 17.2 Å². The van der Waals surface area contributed by atoms with Gasteiger partial charge in [0.15, 0.2) is 23.8 Å². The van der Waals surface area contributed by atoms with Crippen LogP contribution in [0.3, 0.4) is 0 Å². The van der Waals surface area contributed by atoms with Gasteiger partial charge in [-0.3, -0.25) is 9.59 Å². The number of ether oxygens (including phenoxy) is 24. The van der Waals surface area contributed by atoms with E-state index in [1.165, 1.54) is 31.6 Å². The third kappa shape index (κ3) is 49.6. The maximum atomic E-state index is 12.8. The number of esters is 1. The molecule has 0 spiro atoms. The van der Waals surface area contributed by atoms with Crippen LogP contribution in [0, 0.1) is 20.2 Å². The molecule has 0 bridgehead atoms. The van der Waals surface area contributed by atoms with Crippen molar-refractivity contribution in [3.63, 3.8) is 0 Å². The lowest BCUT2D eigenvalue weighted by Gasteiger charge is -2.18. The first-order chi connectivity index (χ1) is 52.0. The number of carbonyl (C=O) groups is 3. The van der Waals surface area contributed by atoms with E-state index in [9.17, 15) is 34.6 Å². The van der Waals surface area contributed by atoms with Gasteiger partial charge in [-0.15, -0.1) is 0 Å². The van der Waals surface area contributed by atoms with Crippen molar-refractivity contribution in [1.82, 2.24) is 31.1 Å². The Hall–Kier alpha value is -6.29. The monoisotopic (exact) mass is 1530 g/mol. The van der Waals surface area contributed by atoms with Crippen molar-refractivity contribution >= 4 is 17.8 Å². The standard InChI is InChI=1S/C67H118N8O31/c1-57-70-55-64(74(79)80)72(57)9-7-68-62(76)5-11-85-15-17-88-21-23-91-25-27-93-29-31-95-33-35-97-37-39-99-41-44-101-47-50-104-60-53-59(67(78)84-4)54-61(66(60)106-52-49-103-46-43-90-20-19-87-14-13-83-3)105-51-48-102-45-42-100-40-38-98-36-34-96-32-30-94-28-26-92-24-22-89-18-16-86-12-6-63(77)69-8-10-73-58(2)71-56-65(73)75(81)82/h53-58,70-71H,5-52H2,1-4H3,(H,68,76)(H,69,77). The zero-order valence-electron chi connectivity index (χ0n) is 62.3. The molecule has 612 valence electrons. The van der Waals surface area contributed by atoms with Crippen LogP contribution in [0.15, 0.2) is 36.2 Å². The number of nitrogens with zero attached hydrogens (tertiary/aromatic N) is 4. The summed E-state index contributed by atoms with van der Waals surface area (Å²) in [4.78, 5) is 61.4. The summed E-state index contributed by atoms with van der Waals surface area (Å²) in [7, 11) is 2.89. The SMILES string of the molecule is COCCOCCOCCOCCOc1c(OCCOCCOCCOCCOCCOCCOCCOCCOCCC(=O)NCCN2C([N+](=O)[O-])=CNC2C)cc(C(=O)OC)cc1OCCOCCOCCOCCOCCOCCOCCOCCOCCC(=O)NCCN1C([N+](=O)[O-])=CNC1C. The third-order valence-electron chi connectivity index (χ3n) is 14.4. The Balaban J connectivity index is 1.15. The fraction of sp³-hybridized carbons (Fsp3) is 0.806. The highest BCUT2D eigenvalue weighted by Crippen LogP contribution is 2.39. The summed E-state index contributed by atoms with van der Waals surface area (Å²) in [5.41, 5.74) is 0.177. The minimum Gasteiger partial charge on any atom is -0.487 e. The van der Waals surface area contributed by atoms with E-state index in [1.807, 2.05) is 0 Å². The molecule has 0 aromatic heterocycles. The van der Waals surface area contributed by atoms with E-state index in [0.29, 0.717) is 238 Å². The fourth-order valence-corrected chi connectivity index (χ4v) is 8.96. The summed E-state index contributed by atoms with van der Waals surface area (Å²) in [5.74, 6) is -0.350. The van der Waals surface area contributed by atoms with Crippen LogP contribution in [-0.4, -0.2) is 368 Å². The summed E-state index contributed by atoms with van der Waals surface area (Å²) in [6.45, 7) is 19.2. The molecule has 0 fully saturated rings. The van der Waals surface area contributed by atoms with Crippen molar-refractivity contribution in [2.24, 2.45) is 0 Å². The molecule has 2 heterocycles. The van der Waals surface area contributed by atoms with Crippen molar-refractivity contribution in [2.75, 3.05) is 318 Å². The quantitative estimate of drug-likeness (QED) is 0.0294. The predicted octanol–water partition coefficient (Wildman–Crippen LogP) is 0.238. The van der Waals surface area contributed by atoms with Gasteiger partial charge in [-0.1, -0.05) is 0 Å². The second-order valence-corrected chi connectivity index (χ2v) is 22.3. The molecule has 2 aliphatic heterocycles. The fourth-order valence-electron chi connectivity index (χ4n) is 8.96. The number of rotatable bonds is 78. The number of nitrogens with one attached hydrogen (secondary N) is 4. The number of nitro groups is 2. The number of carbonyl (C=O) groups excluding carboxylic acids is 3. The summed E-state index contributed by atoms with van der Waals surface area (Å²) in [6, 6.07) is 3.03. The van der Waals surface area contributed by atoms with E-state index < -0.39 is 15.8 Å². The van der Waals surface area contributed by atoms with Crippen molar-refractivity contribution in [1.29, 1.82) is 0 Å². The lowest BCUT2D eigenvalue weighted by molar-refractivity contribution is -0.445. The molecule has 39 heteroatoms. The van der Waals surface area contributed by atoms with Crippen LogP contribution < -0.4 is 35.5 Å². The highest BCUT2D eigenvalue weighted by molar-refractivity contribution is 5.91. The molecule has 0 aliphatic carbocycles. The molecular weight excluding hydrogens is 1410 g/mol. The molecule has 1 aromatic carbocycles. The van der Waals surface area contributed by atoms with Gasteiger partial charge in [0.05, 0.1) is 296 Å². The van der Waals surface area contributed by atoms with Gasteiger partial charge in [-0.05, 0) is 35.8 Å². The molecular formula is C67H118N8O31. The summed E-state index contributed by atoms with van der Waals surface area (Å²) in [5, 5.41) is 33.5. The number of hydrogen-bond donors (Lipinski definition) is 4.